The zero-order valence-electron chi connectivity index (χ0n) is 9.03. The predicted molar refractivity (Wildman–Crippen MR) is 72.5 cm³/mol. The lowest BCUT2D eigenvalue weighted by Gasteiger charge is -2.21. The number of halogens is 2. The third-order valence-electron chi connectivity index (χ3n) is 1.98. The van der Waals surface area contributed by atoms with E-state index in [-0.39, 0.29) is 0 Å². The molecule has 0 saturated heterocycles. The molecule has 80 valence electrons. The van der Waals surface area contributed by atoms with Gasteiger partial charge in [-0.1, -0.05) is 36.7 Å². The summed E-state index contributed by atoms with van der Waals surface area (Å²) in [6.07, 6.45) is 1.17. The van der Waals surface area contributed by atoms with Gasteiger partial charge >= 0.3 is 0 Å². The van der Waals surface area contributed by atoms with E-state index in [0.717, 1.165) is 0 Å². The average Bonchev–Trinajstić information content (AvgIpc) is 2.28. The Labute approximate surface area is 107 Å². The molecule has 1 aromatic heterocycles. The molecule has 0 aromatic carbocycles. The van der Waals surface area contributed by atoms with Crippen LogP contribution in [0.5, 0.6) is 0 Å². The molecule has 0 amide bonds. The molecule has 0 N–H and O–H groups in total. The molecule has 3 heteroatoms. The molecule has 0 radical (unpaired) electrons. The van der Waals surface area contributed by atoms with E-state index in [4.69, 9.17) is 0 Å². The highest BCUT2D eigenvalue weighted by Crippen LogP contribution is 2.40. The van der Waals surface area contributed by atoms with Crippen LogP contribution >= 0.6 is 43.2 Å². The van der Waals surface area contributed by atoms with E-state index in [1.165, 1.54) is 20.6 Å². The molecule has 0 saturated carbocycles. The summed E-state index contributed by atoms with van der Waals surface area (Å²) in [6, 6.07) is 2.23. The maximum atomic E-state index is 3.76. The van der Waals surface area contributed by atoms with Gasteiger partial charge in [0.15, 0.2) is 0 Å². The Bertz CT molecular complexity index is 290. The maximum Gasteiger partial charge on any atom is 0.0494 e. The van der Waals surface area contributed by atoms with Crippen molar-refractivity contribution in [2.45, 2.75) is 38.9 Å². The van der Waals surface area contributed by atoms with E-state index in [1.54, 1.807) is 0 Å². The lowest BCUT2D eigenvalue weighted by Crippen LogP contribution is -2.07. The third kappa shape index (κ3) is 3.67. The van der Waals surface area contributed by atoms with E-state index in [1.807, 2.05) is 11.3 Å². The highest BCUT2D eigenvalue weighted by Gasteiger charge is 2.19. The molecule has 1 atom stereocenters. The van der Waals surface area contributed by atoms with Crippen molar-refractivity contribution in [3.05, 3.63) is 20.3 Å². The van der Waals surface area contributed by atoms with Gasteiger partial charge in [0.2, 0.25) is 0 Å². The smallest absolute Gasteiger partial charge is 0.0494 e. The zero-order valence-corrected chi connectivity index (χ0v) is 13.0. The largest absolute Gasteiger partial charge is 0.143 e. The molecular weight excluding hydrogens is 324 g/mol. The first-order valence-corrected chi connectivity index (χ1v) is 7.22. The number of alkyl halides is 1. The quantitative estimate of drug-likeness (QED) is 0.607. The van der Waals surface area contributed by atoms with Crippen LogP contribution in [0.2, 0.25) is 0 Å². The van der Waals surface area contributed by atoms with Gasteiger partial charge in [-0.25, -0.2) is 0 Å². The topological polar surface area (TPSA) is 0 Å². The van der Waals surface area contributed by atoms with E-state index >= 15 is 0 Å². The zero-order chi connectivity index (χ0) is 10.9. The first-order valence-electron chi connectivity index (χ1n) is 4.69. The second-order valence-corrected chi connectivity index (χ2v) is 8.03. The summed E-state index contributed by atoms with van der Waals surface area (Å²) in [5, 5.41) is 0. The molecule has 0 aliphatic rings. The first-order chi connectivity index (χ1) is 6.29. The monoisotopic (exact) mass is 338 g/mol. The summed E-state index contributed by atoms with van der Waals surface area (Å²) in [5.74, 6) is 0. The normalized spacial score (nSPS) is 14.4. The van der Waals surface area contributed by atoms with Gasteiger partial charge in [-0.2, -0.15) is 0 Å². The van der Waals surface area contributed by atoms with Crippen LogP contribution in [0.25, 0.3) is 0 Å². The van der Waals surface area contributed by atoms with Crippen molar-refractivity contribution in [3.8, 4) is 0 Å². The van der Waals surface area contributed by atoms with E-state index < -0.39 is 0 Å². The minimum absolute atomic E-state index is 0.374. The third-order valence-corrected chi connectivity index (χ3v) is 5.35. The van der Waals surface area contributed by atoms with Crippen LogP contribution < -0.4 is 0 Å². The highest BCUT2D eigenvalue weighted by molar-refractivity contribution is 9.10. The van der Waals surface area contributed by atoms with Crippen molar-refractivity contribution < 1.29 is 0 Å². The summed E-state index contributed by atoms with van der Waals surface area (Å²) in [5.41, 5.74) is 0.374. The van der Waals surface area contributed by atoms with Gasteiger partial charge < -0.3 is 0 Å². The SMILES string of the molecule is Cc1sc(C(Br)CC(C)(C)C)cc1Br. The van der Waals surface area contributed by atoms with Crippen LogP contribution in [0.15, 0.2) is 10.5 Å². The van der Waals surface area contributed by atoms with Crippen LogP contribution in [0.4, 0.5) is 0 Å². The molecule has 0 nitrogen and oxygen atoms in total. The molecule has 1 aromatic rings. The fourth-order valence-electron chi connectivity index (χ4n) is 1.27. The highest BCUT2D eigenvalue weighted by atomic mass is 79.9. The minimum atomic E-state index is 0.374. The van der Waals surface area contributed by atoms with Gasteiger partial charge in [0.25, 0.3) is 0 Å². The molecular formula is C11H16Br2S. The molecule has 1 rings (SSSR count). The fraction of sp³-hybridized carbons (Fsp3) is 0.636. The van der Waals surface area contributed by atoms with Crippen molar-refractivity contribution in [1.82, 2.24) is 0 Å². The van der Waals surface area contributed by atoms with Gasteiger partial charge in [-0.15, -0.1) is 11.3 Å². The first kappa shape index (κ1) is 12.7. The molecule has 1 unspecified atom stereocenters. The lowest BCUT2D eigenvalue weighted by atomic mass is 9.90. The van der Waals surface area contributed by atoms with Gasteiger partial charge in [-0.3, -0.25) is 0 Å². The molecule has 1 heterocycles. The van der Waals surface area contributed by atoms with Gasteiger partial charge in [-0.05, 0) is 40.8 Å². The number of hydrogen-bond donors (Lipinski definition) is 0. The van der Waals surface area contributed by atoms with Gasteiger partial charge in [0, 0.05) is 19.1 Å². The Morgan fingerprint density at radius 3 is 2.36 bits per heavy atom. The van der Waals surface area contributed by atoms with Crippen molar-refractivity contribution >= 4 is 43.2 Å². The Hall–Kier alpha value is 0.660. The van der Waals surface area contributed by atoms with Gasteiger partial charge in [0.1, 0.15) is 0 Å². The summed E-state index contributed by atoms with van der Waals surface area (Å²) >= 11 is 9.18. The van der Waals surface area contributed by atoms with Crippen molar-refractivity contribution in [2.75, 3.05) is 0 Å². The molecule has 14 heavy (non-hydrogen) atoms. The second-order valence-electron chi connectivity index (χ2n) is 4.79. The maximum absolute atomic E-state index is 3.76. The Morgan fingerprint density at radius 1 is 1.43 bits per heavy atom. The van der Waals surface area contributed by atoms with Crippen molar-refractivity contribution in [2.24, 2.45) is 5.41 Å². The second kappa shape index (κ2) is 4.67. The standard InChI is InChI=1S/C11H16Br2S/c1-7-8(12)5-10(14-7)9(13)6-11(2,3)4/h5,9H,6H2,1-4H3. The van der Waals surface area contributed by atoms with Crippen LogP contribution in [0.1, 0.15) is 41.8 Å². The Morgan fingerprint density at radius 2 is 2.00 bits per heavy atom. The number of aryl methyl sites for hydroxylation is 1. The molecule has 0 aliphatic heterocycles. The van der Waals surface area contributed by atoms with E-state index in [9.17, 15) is 0 Å². The summed E-state index contributed by atoms with van der Waals surface area (Å²) in [4.78, 5) is 3.26. The lowest BCUT2D eigenvalue weighted by molar-refractivity contribution is 0.378. The van der Waals surface area contributed by atoms with Crippen LogP contribution in [-0.2, 0) is 0 Å². The summed E-state index contributed by atoms with van der Waals surface area (Å²) < 4.78 is 1.23. The van der Waals surface area contributed by atoms with E-state index in [2.05, 4.69) is 65.6 Å². The summed E-state index contributed by atoms with van der Waals surface area (Å²) in [7, 11) is 0. The van der Waals surface area contributed by atoms with E-state index in [0.29, 0.717) is 10.2 Å². The number of hydrogen-bond acceptors (Lipinski definition) is 1. The van der Waals surface area contributed by atoms with Crippen LogP contribution in [-0.4, -0.2) is 0 Å². The summed E-state index contributed by atoms with van der Waals surface area (Å²) in [6.45, 7) is 8.97. The number of thiophene rings is 1. The van der Waals surface area contributed by atoms with Crippen molar-refractivity contribution in [3.63, 3.8) is 0 Å². The molecule has 0 aliphatic carbocycles. The molecule has 0 spiro atoms. The number of rotatable bonds is 2. The predicted octanol–water partition coefficient (Wildman–Crippen LogP) is 5.69. The fourth-order valence-corrected chi connectivity index (χ4v) is 4.20. The van der Waals surface area contributed by atoms with Crippen LogP contribution in [0.3, 0.4) is 0 Å². The minimum Gasteiger partial charge on any atom is -0.143 e. The average molecular weight is 340 g/mol. The molecule has 0 bridgehead atoms. The Balaban J connectivity index is 2.75. The molecule has 0 fully saturated rings. The van der Waals surface area contributed by atoms with Gasteiger partial charge in [0.05, 0.1) is 0 Å². The van der Waals surface area contributed by atoms with Crippen LogP contribution in [0, 0.1) is 12.3 Å². The Kier molecular flexibility index (Phi) is 4.24. The van der Waals surface area contributed by atoms with Crippen molar-refractivity contribution in [1.29, 1.82) is 0 Å².